The molecule has 0 fully saturated rings. The third-order valence-electron chi connectivity index (χ3n) is 7.18. The van der Waals surface area contributed by atoms with Gasteiger partial charge in [-0.05, 0) is 81.8 Å². The lowest BCUT2D eigenvalue weighted by Crippen LogP contribution is -2.17. The van der Waals surface area contributed by atoms with Gasteiger partial charge in [0.2, 0.25) is 0 Å². The predicted octanol–water partition coefficient (Wildman–Crippen LogP) is 9.60. The van der Waals surface area contributed by atoms with Crippen LogP contribution < -0.4 is 4.90 Å². The van der Waals surface area contributed by atoms with Gasteiger partial charge in [0.15, 0.2) is 0 Å². The van der Waals surface area contributed by atoms with Crippen LogP contribution in [-0.4, -0.2) is 0 Å². The normalized spacial score (nSPS) is 16.4. The first-order valence-corrected chi connectivity index (χ1v) is 12.9. The van der Waals surface area contributed by atoms with E-state index in [9.17, 15) is 0 Å². The molecule has 0 unspecified atom stereocenters. The van der Waals surface area contributed by atoms with Crippen molar-refractivity contribution in [2.45, 2.75) is 12.8 Å². The molecule has 0 saturated heterocycles. The number of anilines is 2. The smallest absolute Gasteiger partial charge is 0.0534 e. The molecule has 1 aliphatic carbocycles. The predicted molar refractivity (Wildman–Crippen MR) is 159 cm³/mol. The molecule has 0 heterocycles. The molecule has 1 aliphatic rings. The lowest BCUT2D eigenvalue weighted by Gasteiger charge is -2.30. The lowest BCUT2D eigenvalue weighted by atomic mass is 9.89. The Morgan fingerprint density at radius 1 is 0.541 bits per heavy atom. The van der Waals surface area contributed by atoms with Gasteiger partial charge in [0.25, 0.3) is 0 Å². The van der Waals surface area contributed by atoms with E-state index in [1.165, 1.54) is 33.0 Å². The molecule has 0 N–H and O–H groups in total. The van der Waals surface area contributed by atoms with Crippen LogP contribution in [0.25, 0.3) is 21.9 Å². The topological polar surface area (TPSA) is 3.24 Å². The molecule has 1 heteroatoms. The molecule has 1 nitrogen and oxygen atoms in total. The average molecular weight is 476 g/mol. The van der Waals surface area contributed by atoms with E-state index in [2.05, 4.69) is 144 Å². The largest absolute Gasteiger partial charge is 0.310 e. The maximum Gasteiger partial charge on any atom is 0.0534 e. The first-order valence-electron chi connectivity index (χ1n) is 12.9. The minimum absolute atomic E-state index is 0.953. The van der Waals surface area contributed by atoms with Crippen molar-refractivity contribution in [3.05, 3.63) is 169 Å². The summed E-state index contributed by atoms with van der Waals surface area (Å²) in [6, 6.07) is 45.1. The summed E-state index contributed by atoms with van der Waals surface area (Å²) in [5.74, 6) is 0. The van der Waals surface area contributed by atoms with E-state index >= 15 is 0 Å². The number of nitrogens with zero attached hydrogens (tertiary/aromatic N) is 1. The quantitative estimate of drug-likeness (QED) is 0.250. The third-order valence-corrected chi connectivity index (χ3v) is 7.18. The van der Waals surface area contributed by atoms with Crippen molar-refractivity contribution in [3.8, 4) is 0 Å². The highest BCUT2D eigenvalue weighted by molar-refractivity contribution is 5.95. The summed E-state index contributed by atoms with van der Waals surface area (Å²) in [5, 5.41) is 2.58. The fourth-order valence-corrected chi connectivity index (χ4v) is 5.33. The summed E-state index contributed by atoms with van der Waals surface area (Å²) in [6.45, 7) is 4.72. The van der Waals surface area contributed by atoms with Crippen molar-refractivity contribution >= 4 is 33.3 Å². The summed E-state index contributed by atoms with van der Waals surface area (Å²) >= 11 is 0. The van der Waals surface area contributed by atoms with Gasteiger partial charge < -0.3 is 4.90 Å². The van der Waals surface area contributed by atoms with E-state index in [-0.39, 0.29) is 0 Å². The fourth-order valence-electron chi connectivity index (χ4n) is 5.33. The fraction of sp³-hybridized carbons (Fsp3) is 0.0556. The molecule has 6 rings (SSSR count). The molecule has 0 spiro atoms. The Morgan fingerprint density at radius 2 is 1.14 bits per heavy atom. The number of para-hydroxylation sites is 2. The standard InChI is InChI=1S/C36H29N/c1-27-33-24-22-30-15-11-12-20-34(30)35(33)25-21-29(28-13-5-2-6-14-28)23-26-36(27)37(31-16-7-3-8-17-31)32-18-9-4-10-19-32/h2-20,22-24,26H,1,21,25H2/b29-23+,36-26+. The van der Waals surface area contributed by atoms with Crippen LogP contribution in [0.3, 0.4) is 0 Å². The van der Waals surface area contributed by atoms with Gasteiger partial charge in [-0.2, -0.15) is 0 Å². The van der Waals surface area contributed by atoms with Crippen LogP contribution >= 0.6 is 0 Å². The van der Waals surface area contributed by atoms with Gasteiger partial charge in [-0.15, -0.1) is 0 Å². The van der Waals surface area contributed by atoms with Crippen molar-refractivity contribution in [1.82, 2.24) is 0 Å². The molecular weight excluding hydrogens is 446 g/mol. The van der Waals surface area contributed by atoms with Gasteiger partial charge in [0, 0.05) is 11.4 Å². The Bertz CT molecular complexity index is 1570. The van der Waals surface area contributed by atoms with E-state index in [0.717, 1.165) is 35.5 Å². The number of hydrogen-bond donors (Lipinski definition) is 0. The van der Waals surface area contributed by atoms with E-state index in [1.807, 2.05) is 0 Å². The molecule has 0 radical (unpaired) electrons. The molecule has 5 aromatic carbocycles. The van der Waals surface area contributed by atoms with Crippen molar-refractivity contribution in [1.29, 1.82) is 0 Å². The summed E-state index contributed by atoms with van der Waals surface area (Å²) in [6.07, 6.45) is 6.46. The number of rotatable bonds is 4. The van der Waals surface area contributed by atoms with Crippen molar-refractivity contribution in [2.24, 2.45) is 0 Å². The Kier molecular flexibility index (Phi) is 6.27. The van der Waals surface area contributed by atoms with Crippen LogP contribution in [0, 0.1) is 0 Å². The monoisotopic (exact) mass is 475 g/mol. The lowest BCUT2D eigenvalue weighted by molar-refractivity contribution is 1.02. The zero-order chi connectivity index (χ0) is 25.0. The molecule has 0 aliphatic heterocycles. The summed E-state index contributed by atoms with van der Waals surface area (Å²) in [4.78, 5) is 2.33. The maximum atomic E-state index is 4.72. The second kappa shape index (κ2) is 10.2. The number of aryl methyl sites for hydroxylation is 1. The molecule has 0 saturated carbocycles. The van der Waals surface area contributed by atoms with Crippen LogP contribution in [0.2, 0.25) is 0 Å². The summed E-state index contributed by atoms with van der Waals surface area (Å²) in [5.41, 5.74) is 9.48. The maximum absolute atomic E-state index is 4.72. The van der Waals surface area contributed by atoms with Crippen LogP contribution in [0.1, 0.15) is 23.1 Å². The zero-order valence-corrected chi connectivity index (χ0v) is 20.8. The highest BCUT2D eigenvalue weighted by Crippen LogP contribution is 2.40. The first kappa shape index (κ1) is 22.8. The van der Waals surface area contributed by atoms with Crippen LogP contribution in [0.5, 0.6) is 0 Å². The van der Waals surface area contributed by atoms with E-state index in [1.54, 1.807) is 0 Å². The Morgan fingerprint density at radius 3 is 1.81 bits per heavy atom. The minimum atomic E-state index is 0.953. The van der Waals surface area contributed by atoms with Gasteiger partial charge in [-0.1, -0.05) is 116 Å². The van der Waals surface area contributed by atoms with Crippen LogP contribution in [-0.2, 0) is 6.42 Å². The van der Waals surface area contributed by atoms with Gasteiger partial charge in [-0.3, -0.25) is 0 Å². The van der Waals surface area contributed by atoms with Gasteiger partial charge in [0.05, 0.1) is 5.70 Å². The third kappa shape index (κ3) is 4.52. The molecule has 0 amide bonds. The van der Waals surface area contributed by atoms with Crippen molar-refractivity contribution in [3.63, 3.8) is 0 Å². The summed E-state index contributed by atoms with van der Waals surface area (Å²) in [7, 11) is 0. The number of hydrogen-bond acceptors (Lipinski definition) is 1. The second-order valence-corrected chi connectivity index (χ2v) is 9.41. The zero-order valence-electron chi connectivity index (χ0n) is 20.8. The SMILES string of the molecule is C=C1/C(N(c2ccccc2)c2ccccc2)=C\C=C(\c2ccccc2)CCc2c1ccc1ccccc21. The Hall–Kier alpha value is -4.62. The molecular formula is C36H29N. The molecule has 5 aromatic rings. The second-order valence-electron chi connectivity index (χ2n) is 9.41. The molecule has 0 aromatic heterocycles. The molecule has 37 heavy (non-hydrogen) atoms. The number of fused-ring (bicyclic) bond motifs is 3. The van der Waals surface area contributed by atoms with Gasteiger partial charge in [0.1, 0.15) is 0 Å². The minimum Gasteiger partial charge on any atom is -0.310 e. The molecule has 0 atom stereocenters. The first-order chi connectivity index (χ1) is 18.3. The van der Waals surface area contributed by atoms with Crippen molar-refractivity contribution < 1.29 is 0 Å². The van der Waals surface area contributed by atoms with Gasteiger partial charge >= 0.3 is 0 Å². The summed E-state index contributed by atoms with van der Waals surface area (Å²) < 4.78 is 0. The van der Waals surface area contributed by atoms with E-state index in [0.29, 0.717) is 0 Å². The Balaban J connectivity index is 1.61. The average Bonchev–Trinajstić information content (AvgIpc) is 3.03. The van der Waals surface area contributed by atoms with Crippen molar-refractivity contribution in [2.75, 3.05) is 4.90 Å². The van der Waals surface area contributed by atoms with E-state index in [4.69, 9.17) is 6.58 Å². The number of allylic oxidation sites excluding steroid dienone is 4. The van der Waals surface area contributed by atoms with Crippen LogP contribution in [0.15, 0.2) is 152 Å². The highest BCUT2D eigenvalue weighted by atomic mass is 15.1. The Labute approximate surface area is 219 Å². The number of benzene rings is 5. The molecule has 0 bridgehead atoms. The highest BCUT2D eigenvalue weighted by Gasteiger charge is 2.22. The van der Waals surface area contributed by atoms with Gasteiger partial charge in [-0.25, -0.2) is 0 Å². The molecule has 178 valence electrons. The van der Waals surface area contributed by atoms with Crippen LogP contribution in [0.4, 0.5) is 11.4 Å². The van der Waals surface area contributed by atoms with E-state index < -0.39 is 0 Å².